The van der Waals surface area contributed by atoms with Gasteiger partial charge in [0.05, 0.1) is 5.52 Å². The smallest absolute Gasteiger partial charge is 0.410 e. The van der Waals surface area contributed by atoms with E-state index < -0.39 is 5.60 Å². The molecule has 0 radical (unpaired) electrons. The van der Waals surface area contributed by atoms with E-state index in [0.29, 0.717) is 6.54 Å². The van der Waals surface area contributed by atoms with Gasteiger partial charge in [-0.3, -0.25) is 0 Å². The lowest BCUT2D eigenvalue weighted by molar-refractivity contribution is 0.0298. The molecule has 136 valence electrons. The lowest BCUT2D eigenvalue weighted by Crippen LogP contribution is -2.35. The summed E-state index contributed by atoms with van der Waals surface area (Å²) in [6.45, 7) is 6.89. The number of carbonyl (C=O) groups excluding carboxylic acids is 1. The SMILES string of the molecule is CN(CCCN(C)c1nc(Cl)nc2ccccc12)C(=O)OC(C)(C)C. The van der Waals surface area contributed by atoms with Gasteiger partial charge in [0, 0.05) is 32.6 Å². The fraction of sp³-hybridized carbons (Fsp3) is 0.500. The van der Waals surface area contributed by atoms with Gasteiger partial charge in [0.15, 0.2) is 0 Å². The average molecular weight is 365 g/mol. The van der Waals surface area contributed by atoms with Crippen molar-refractivity contribution in [2.24, 2.45) is 0 Å². The maximum Gasteiger partial charge on any atom is 0.410 e. The molecule has 1 aromatic carbocycles. The molecular formula is C18H25ClN4O2. The zero-order valence-electron chi connectivity index (χ0n) is 15.4. The van der Waals surface area contributed by atoms with E-state index >= 15 is 0 Å². The molecule has 0 saturated heterocycles. The van der Waals surface area contributed by atoms with Gasteiger partial charge in [-0.1, -0.05) is 12.1 Å². The Morgan fingerprint density at radius 2 is 1.84 bits per heavy atom. The van der Waals surface area contributed by atoms with E-state index in [0.717, 1.165) is 29.7 Å². The first-order valence-corrected chi connectivity index (χ1v) is 8.63. The lowest BCUT2D eigenvalue weighted by Gasteiger charge is -2.25. The zero-order chi connectivity index (χ0) is 18.6. The van der Waals surface area contributed by atoms with E-state index in [1.54, 1.807) is 11.9 Å². The summed E-state index contributed by atoms with van der Waals surface area (Å²) in [7, 11) is 3.70. The summed E-state index contributed by atoms with van der Waals surface area (Å²) in [5.74, 6) is 0.788. The number of halogens is 1. The van der Waals surface area contributed by atoms with Crippen molar-refractivity contribution >= 4 is 34.4 Å². The number of amides is 1. The number of anilines is 1. The van der Waals surface area contributed by atoms with Gasteiger partial charge in [-0.25, -0.2) is 9.78 Å². The molecule has 1 heterocycles. The van der Waals surface area contributed by atoms with Gasteiger partial charge in [0.1, 0.15) is 11.4 Å². The Balaban J connectivity index is 1.97. The number of para-hydroxylation sites is 1. The monoisotopic (exact) mass is 364 g/mol. The molecule has 25 heavy (non-hydrogen) atoms. The van der Waals surface area contributed by atoms with E-state index in [-0.39, 0.29) is 11.4 Å². The topological polar surface area (TPSA) is 58.6 Å². The average Bonchev–Trinajstić information content (AvgIpc) is 2.52. The van der Waals surface area contributed by atoms with E-state index in [9.17, 15) is 4.79 Å². The Morgan fingerprint density at radius 1 is 1.16 bits per heavy atom. The molecule has 0 fully saturated rings. The van der Waals surface area contributed by atoms with Gasteiger partial charge in [-0.15, -0.1) is 0 Å². The van der Waals surface area contributed by atoms with Crippen molar-refractivity contribution in [2.45, 2.75) is 32.8 Å². The Hall–Kier alpha value is -2.08. The number of benzene rings is 1. The quantitative estimate of drug-likeness (QED) is 0.751. The molecule has 1 amide bonds. The summed E-state index contributed by atoms with van der Waals surface area (Å²) in [4.78, 5) is 24.2. The minimum atomic E-state index is -0.487. The zero-order valence-corrected chi connectivity index (χ0v) is 16.2. The van der Waals surface area contributed by atoms with Gasteiger partial charge in [-0.2, -0.15) is 4.98 Å². The van der Waals surface area contributed by atoms with Crippen molar-refractivity contribution in [1.82, 2.24) is 14.9 Å². The summed E-state index contributed by atoms with van der Waals surface area (Å²) < 4.78 is 5.35. The second-order valence-electron chi connectivity index (χ2n) is 7.01. The van der Waals surface area contributed by atoms with Gasteiger partial charge < -0.3 is 14.5 Å². The highest BCUT2D eigenvalue weighted by Crippen LogP contribution is 2.24. The first kappa shape index (κ1) is 19.2. The van der Waals surface area contributed by atoms with E-state index in [4.69, 9.17) is 16.3 Å². The fourth-order valence-electron chi connectivity index (χ4n) is 2.41. The van der Waals surface area contributed by atoms with Crippen LogP contribution in [0, 0.1) is 0 Å². The molecule has 2 rings (SSSR count). The lowest BCUT2D eigenvalue weighted by atomic mass is 10.2. The Kier molecular flexibility index (Phi) is 6.06. The van der Waals surface area contributed by atoms with Crippen LogP contribution in [0.1, 0.15) is 27.2 Å². The molecule has 2 aromatic rings. The van der Waals surface area contributed by atoms with Gasteiger partial charge in [0.2, 0.25) is 5.28 Å². The number of hydrogen-bond donors (Lipinski definition) is 0. The molecule has 0 unspecified atom stereocenters. The summed E-state index contributed by atoms with van der Waals surface area (Å²) in [5, 5.41) is 1.18. The van der Waals surface area contributed by atoms with Crippen molar-refractivity contribution in [3.05, 3.63) is 29.5 Å². The van der Waals surface area contributed by atoms with Crippen LogP contribution in [-0.2, 0) is 4.74 Å². The molecule has 0 aliphatic rings. The second-order valence-corrected chi connectivity index (χ2v) is 7.35. The maximum absolute atomic E-state index is 12.0. The number of ether oxygens (including phenoxy) is 1. The Bertz CT molecular complexity index is 745. The minimum Gasteiger partial charge on any atom is -0.444 e. The standard InChI is InChI=1S/C18H25ClN4O2/c1-18(2,3)25-17(24)23(5)12-8-11-22(4)15-13-9-6-7-10-14(13)20-16(19)21-15/h6-7,9-10H,8,11-12H2,1-5H3. The van der Waals surface area contributed by atoms with Crippen molar-refractivity contribution in [2.75, 3.05) is 32.1 Å². The number of hydrogen-bond acceptors (Lipinski definition) is 5. The molecule has 6 nitrogen and oxygen atoms in total. The number of fused-ring (bicyclic) bond motifs is 1. The van der Waals surface area contributed by atoms with Crippen LogP contribution in [0.4, 0.5) is 10.6 Å². The van der Waals surface area contributed by atoms with Crippen LogP contribution < -0.4 is 4.90 Å². The number of aromatic nitrogens is 2. The molecule has 1 aromatic heterocycles. The molecular weight excluding hydrogens is 340 g/mol. The first-order chi connectivity index (χ1) is 11.7. The first-order valence-electron chi connectivity index (χ1n) is 8.25. The summed E-state index contributed by atoms with van der Waals surface area (Å²) in [5.41, 5.74) is 0.328. The maximum atomic E-state index is 12.0. The summed E-state index contributed by atoms with van der Waals surface area (Å²) in [6.07, 6.45) is 0.466. The van der Waals surface area contributed by atoms with Crippen molar-refractivity contribution in [1.29, 1.82) is 0 Å². The normalized spacial score (nSPS) is 11.4. The predicted octanol–water partition coefficient (Wildman–Crippen LogP) is 3.98. The number of rotatable bonds is 5. The predicted molar refractivity (Wildman–Crippen MR) is 101 cm³/mol. The van der Waals surface area contributed by atoms with Crippen LogP contribution >= 0.6 is 11.6 Å². The molecule has 0 N–H and O–H groups in total. The van der Waals surface area contributed by atoms with Gasteiger partial charge >= 0.3 is 6.09 Å². The van der Waals surface area contributed by atoms with Crippen LogP contribution in [0.2, 0.25) is 5.28 Å². The van der Waals surface area contributed by atoms with Crippen molar-refractivity contribution in [3.8, 4) is 0 Å². The summed E-state index contributed by atoms with van der Waals surface area (Å²) in [6, 6.07) is 7.76. The molecule has 0 aliphatic heterocycles. The Morgan fingerprint density at radius 3 is 2.52 bits per heavy atom. The van der Waals surface area contributed by atoms with E-state index in [1.165, 1.54) is 0 Å². The minimum absolute atomic E-state index is 0.228. The summed E-state index contributed by atoms with van der Waals surface area (Å²) >= 11 is 6.04. The van der Waals surface area contributed by atoms with Gasteiger partial charge in [0.25, 0.3) is 0 Å². The molecule has 7 heteroatoms. The molecule has 0 atom stereocenters. The third-order valence-corrected chi connectivity index (χ3v) is 3.78. The van der Waals surface area contributed by atoms with Crippen molar-refractivity contribution < 1.29 is 9.53 Å². The largest absolute Gasteiger partial charge is 0.444 e. The van der Waals surface area contributed by atoms with Crippen LogP contribution in [0.5, 0.6) is 0 Å². The highest BCUT2D eigenvalue weighted by molar-refractivity contribution is 6.28. The Labute approximate surface area is 153 Å². The highest BCUT2D eigenvalue weighted by atomic mass is 35.5. The van der Waals surface area contributed by atoms with Crippen molar-refractivity contribution in [3.63, 3.8) is 0 Å². The number of carbonyl (C=O) groups is 1. The molecule has 0 aliphatic carbocycles. The highest BCUT2D eigenvalue weighted by Gasteiger charge is 2.19. The van der Waals surface area contributed by atoms with E-state index in [2.05, 4.69) is 9.97 Å². The van der Waals surface area contributed by atoms with Crippen LogP contribution in [0.15, 0.2) is 24.3 Å². The number of nitrogens with zero attached hydrogens (tertiary/aromatic N) is 4. The van der Waals surface area contributed by atoms with E-state index in [1.807, 2.05) is 57.0 Å². The molecule has 0 saturated carbocycles. The van der Waals surface area contributed by atoms with Gasteiger partial charge in [-0.05, 0) is 50.9 Å². The van der Waals surface area contributed by atoms with Crippen LogP contribution in [0.25, 0.3) is 10.9 Å². The van der Waals surface area contributed by atoms with Crippen LogP contribution in [-0.4, -0.2) is 53.7 Å². The second kappa shape index (κ2) is 7.87. The van der Waals surface area contributed by atoms with Crippen LogP contribution in [0.3, 0.4) is 0 Å². The third kappa shape index (κ3) is 5.46. The molecule has 0 spiro atoms. The molecule has 0 bridgehead atoms. The fourth-order valence-corrected chi connectivity index (χ4v) is 2.58. The third-order valence-electron chi connectivity index (χ3n) is 3.61.